The van der Waals surface area contributed by atoms with E-state index in [2.05, 4.69) is 14.9 Å². The Kier molecular flexibility index (Phi) is 4.52. The van der Waals surface area contributed by atoms with E-state index >= 15 is 0 Å². The summed E-state index contributed by atoms with van der Waals surface area (Å²) in [6.45, 7) is 0.823. The summed E-state index contributed by atoms with van der Waals surface area (Å²) in [4.78, 5) is 11.2. The number of piperidine rings is 1. The fourth-order valence-electron chi connectivity index (χ4n) is 4.31. The number of nitrogens with zero attached hydrogens (tertiary/aromatic N) is 3. The third-order valence-corrected chi connectivity index (χ3v) is 6.10. The van der Waals surface area contributed by atoms with Gasteiger partial charge in [0.2, 0.25) is 0 Å². The van der Waals surface area contributed by atoms with E-state index in [0.717, 1.165) is 35.7 Å². The van der Waals surface area contributed by atoms with Crippen LogP contribution in [0.25, 0.3) is 0 Å². The normalized spacial score (nSPS) is 29.1. The predicted octanol–water partition coefficient (Wildman–Crippen LogP) is 3.35. The molecule has 2 aromatic rings. The molecule has 1 aromatic heterocycles. The van der Waals surface area contributed by atoms with Crippen molar-refractivity contribution >= 4 is 11.8 Å². The van der Waals surface area contributed by atoms with Gasteiger partial charge in [-0.2, -0.15) is 0 Å². The third-order valence-electron chi connectivity index (χ3n) is 5.53. The van der Waals surface area contributed by atoms with Crippen LogP contribution in [0.1, 0.15) is 36.8 Å². The van der Waals surface area contributed by atoms with Gasteiger partial charge in [-0.3, -0.25) is 4.90 Å². The average Bonchev–Trinajstić information content (AvgIpc) is 2.87. The van der Waals surface area contributed by atoms with E-state index in [-0.39, 0.29) is 5.82 Å². The molecule has 1 aromatic carbocycles. The van der Waals surface area contributed by atoms with Crippen LogP contribution in [0, 0.1) is 5.82 Å². The minimum absolute atomic E-state index is 0.263. The molecule has 2 atom stereocenters. The van der Waals surface area contributed by atoms with Gasteiger partial charge in [0.1, 0.15) is 5.82 Å². The fraction of sp³-hybridized carbons (Fsp3) is 0.474. The molecule has 2 aliphatic heterocycles. The molecular weight excluding hydrogens is 337 g/mol. The van der Waals surface area contributed by atoms with Gasteiger partial charge in [-0.15, -0.1) is 0 Å². The van der Waals surface area contributed by atoms with Crippen LogP contribution >= 0.6 is 11.8 Å². The first-order valence-corrected chi connectivity index (χ1v) is 9.89. The molecule has 3 heterocycles. The zero-order chi connectivity index (χ0) is 17.4. The number of benzene rings is 1. The first kappa shape index (κ1) is 16.9. The summed E-state index contributed by atoms with van der Waals surface area (Å²) in [5.74, 6) is -0.263. The van der Waals surface area contributed by atoms with Crippen LogP contribution in [-0.2, 0) is 12.1 Å². The van der Waals surface area contributed by atoms with Gasteiger partial charge >= 0.3 is 0 Å². The molecule has 2 fully saturated rings. The largest absolute Gasteiger partial charge is 0.385 e. The van der Waals surface area contributed by atoms with Gasteiger partial charge < -0.3 is 5.11 Å². The molecule has 0 spiro atoms. The zero-order valence-corrected chi connectivity index (χ0v) is 15.0. The number of thioether (sulfide) groups is 1. The molecule has 2 bridgehead atoms. The topological polar surface area (TPSA) is 49.2 Å². The van der Waals surface area contributed by atoms with Crippen LogP contribution in [0.3, 0.4) is 0 Å². The van der Waals surface area contributed by atoms with Crippen molar-refractivity contribution in [1.29, 1.82) is 0 Å². The Bertz CT molecular complexity index is 723. The van der Waals surface area contributed by atoms with Crippen LogP contribution in [-0.4, -0.2) is 38.3 Å². The van der Waals surface area contributed by atoms with Crippen LogP contribution in [0.2, 0.25) is 0 Å². The Morgan fingerprint density at radius 3 is 2.32 bits per heavy atom. The quantitative estimate of drug-likeness (QED) is 0.670. The third kappa shape index (κ3) is 3.30. The van der Waals surface area contributed by atoms with Crippen LogP contribution < -0.4 is 0 Å². The summed E-state index contributed by atoms with van der Waals surface area (Å²) in [6, 6.07) is 7.00. The Labute approximate surface area is 151 Å². The Morgan fingerprint density at radius 2 is 1.76 bits per heavy atom. The van der Waals surface area contributed by atoms with Gasteiger partial charge in [-0.05, 0) is 49.6 Å². The highest BCUT2D eigenvalue weighted by Gasteiger charge is 2.48. The predicted molar refractivity (Wildman–Crippen MR) is 95.7 cm³/mol. The molecule has 132 valence electrons. The second kappa shape index (κ2) is 6.67. The number of fused-ring (bicyclic) bond motifs is 2. The SMILES string of the molecule is CSc1ncc(CN2C3CCC2CC(O)(c2ccc(F)cc2)C3)cn1. The van der Waals surface area contributed by atoms with Crippen molar-refractivity contribution in [2.24, 2.45) is 0 Å². The summed E-state index contributed by atoms with van der Waals surface area (Å²) in [5, 5.41) is 12.0. The first-order chi connectivity index (χ1) is 12.1. The fourth-order valence-corrected chi connectivity index (χ4v) is 4.63. The lowest BCUT2D eigenvalue weighted by Crippen LogP contribution is -2.49. The van der Waals surface area contributed by atoms with E-state index in [9.17, 15) is 9.50 Å². The van der Waals surface area contributed by atoms with Crippen molar-refractivity contribution in [3.63, 3.8) is 0 Å². The minimum Gasteiger partial charge on any atom is -0.385 e. The second-order valence-electron chi connectivity index (χ2n) is 7.08. The van der Waals surface area contributed by atoms with Crippen molar-refractivity contribution in [2.75, 3.05) is 6.26 Å². The second-order valence-corrected chi connectivity index (χ2v) is 7.86. The number of aromatic nitrogens is 2. The van der Waals surface area contributed by atoms with Crippen LogP contribution in [0.15, 0.2) is 41.8 Å². The minimum atomic E-state index is -0.852. The maximum Gasteiger partial charge on any atom is 0.187 e. The average molecular weight is 359 g/mol. The molecule has 0 amide bonds. The highest BCUT2D eigenvalue weighted by Crippen LogP contribution is 2.46. The lowest BCUT2D eigenvalue weighted by Gasteiger charge is -2.44. The van der Waals surface area contributed by atoms with Gasteiger partial charge in [0.25, 0.3) is 0 Å². The van der Waals surface area contributed by atoms with Gasteiger partial charge in [0, 0.05) is 36.6 Å². The van der Waals surface area contributed by atoms with Gasteiger partial charge in [0.05, 0.1) is 5.60 Å². The zero-order valence-electron chi connectivity index (χ0n) is 14.2. The van der Waals surface area contributed by atoms with Gasteiger partial charge in [-0.25, -0.2) is 14.4 Å². The molecule has 1 N–H and O–H groups in total. The molecule has 0 saturated carbocycles. The van der Waals surface area contributed by atoms with Crippen molar-refractivity contribution in [2.45, 2.75) is 55.1 Å². The molecule has 6 heteroatoms. The van der Waals surface area contributed by atoms with E-state index in [1.165, 1.54) is 23.9 Å². The number of halogens is 1. The Balaban J connectivity index is 1.50. The molecule has 0 aliphatic carbocycles. The summed E-state index contributed by atoms with van der Waals surface area (Å²) in [7, 11) is 0. The van der Waals surface area contributed by atoms with E-state index in [1.54, 1.807) is 12.1 Å². The van der Waals surface area contributed by atoms with Gasteiger partial charge in [0.15, 0.2) is 5.16 Å². The molecule has 4 nitrogen and oxygen atoms in total. The van der Waals surface area contributed by atoms with Crippen molar-refractivity contribution < 1.29 is 9.50 Å². The van der Waals surface area contributed by atoms with Crippen LogP contribution in [0.4, 0.5) is 4.39 Å². The molecule has 25 heavy (non-hydrogen) atoms. The number of hydrogen-bond acceptors (Lipinski definition) is 5. The lowest BCUT2D eigenvalue weighted by atomic mass is 9.80. The monoisotopic (exact) mass is 359 g/mol. The molecule has 4 rings (SSSR count). The van der Waals surface area contributed by atoms with E-state index in [0.29, 0.717) is 24.9 Å². The molecule has 2 aliphatic rings. The van der Waals surface area contributed by atoms with E-state index in [4.69, 9.17) is 0 Å². The highest BCUT2D eigenvalue weighted by atomic mass is 32.2. The number of rotatable bonds is 4. The smallest absolute Gasteiger partial charge is 0.187 e. The van der Waals surface area contributed by atoms with Crippen molar-refractivity contribution in [3.8, 4) is 0 Å². The number of aliphatic hydroxyl groups is 1. The maximum atomic E-state index is 13.2. The number of hydrogen-bond donors (Lipinski definition) is 1. The lowest BCUT2D eigenvalue weighted by molar-refractivity contribution is -0.0595. The van der Waals surface area contributed by atoms with E-state index < -0.39 is 5.60 Å². The molecule has 2 unspecified atom stereocenters. The van der Waals surface area contributed by atoms with E-state index in [1.807, 2.05) is 18.6 Å². The van der Waals surface area contributed by atoms with Crippen LogP contribution in [0.5, 0.6) is 0 Å². The summed E-state index contributed by atoms with van der Waals surface area (Å²) in [6.07, 6.45) is 9.35. The summed E-state index contributed by atoms with van der Waals surface area (Å²) >= 11 is 1.54. The standard InChI is InChI=1S/C19H22FN3OS/c1-25-18-21-10-13(11-22-18)12-23-16-6-7-17(23)9-19(24,8-16)14-2-4-15(20)5-3-14/h2-5,10-11,16-17,24H,6-9,12H2,1H3. The summed E-state index contributed by atoms with van der Waals surface area (Å²) < 4.78 is 13.2. The summed E-state index contributed by atoms with van der Waals surface area (Å²) in [5.41, 5.74) is 1.09. The Hall–Kier alpha value is -1.50. The molecular formula is C19H22FN3OS. The van der Waals surface area contributed by atoms with Gasteiger partial charge in [-0.1, -0.05) is 23.9 Å². The molecule has 0 radical (unpaired) electrons. The molecule has 2 saturated heterocycles. The Morgan fingerprint density at radius 1 is 1.16 bits per heavy atom. The first-order valence-electron chi connectivity index (χ1n) is 8.66. The van der Waals surface area contributed by atoms with Crippen molar-refractivity contribution in [3.05, 3.63) is 53.6 Å². The maximum absolute atomic E-state index is 13.2. The van der Waals surface area contributed by atoms with Crippen molar-refractivity contribution in [1.82, 2.24) is 14.9 Å². The highest BCUT2D eigenvalue weighted by molar-refractivity contribution is 7.98.